The number of hydrogen-bond donors (Lipinski definition) is 1. The van der Waals surface area contributed by atoms with Crippen LogP contribution in [0.15, 0.2) is 18.2 Å². The van der Waals surface area contributed by atoms with Crippen LogP contribution in [0.25, 0.3) is 0 Å². The molecule has 0 bridgehead atoms. The quantitative estimate of drug-likeness (QED) is 0.888. The van der Waals surface area contributed by atoms with Crippen molar-refractivity contribution in [1.82, 2.24) is 5.32 Å². The number of hydrogen-bond acceptors (Lipinski definition) is 2. The fourth-order valence-corrected chi connectivity index (χ4v) is 2.86. The van der Waals surface area contributed by atoms with Crippen molar-refractivity contribution in [3.63, 3.8) is 0 Å². The number of benzene rings is 1. The summed E-state index contributed by atoms with van der Waals surface area (Å²) in [6.07, 6.45) is 2.28. The van der Waals surface area contributed by atoms with Crippen LogP contribution in [0.1, 0.15) is 31.7 Å². The number of halogens is 2. The number of rotatable bonds is 5. The monoisotopic (exact) mass is 267 g/mol. The second-order valence-corrected chi connectivity index (χ2v) is 5.26. The molecular weight excluding hydrogens is 248 g/mol. The van der Waals surface area contributed by atoms with Crippen LogP contribution in [0, 0.1) is 17.0 Å². The van der Waals surface area contributed by atoms with Crippen molar-refractivity contribution in [2.45, 2.75) is 32.6 Å². The maximum absolute atomic E-state index is 13.6. The molecular formula is C15H19F2NO. The van der Waals surface area contributed by atoms with Gasteiger partial charge in [-0.1, -0.05) is 19.4 Å². The lowest BCUT2D eigenvalue weighted by atomic mass is 9.76. The smallest absolute Gasteiger partial charge is 0.144 e. The first-order chi connectivity index (χ1) is 9.09. The number of carbonyl (C=O) groups is 1. The molecule has 0 saturated carbocycles. The SMILES string of the molecule is CCCC1(C(=O)Cc2c(F)cccc2F)CCNC1. The van der Waals surface area contributed by atoms with Gasteiger partial charge in [-0.3, -0.25) is 4.79 Å². The second kappa shape index (κ2) is 5.78. The Morgan fingerprint density at radius 1 is 1.37 bits per heavy atom. The fraction of sp³-hybridized carbons (Fsp3) is 0.533. The van der Waals surface area contributed by atoms with E-state index in [1.54, 1.807) is 0 Å². The van der Waals surface area contributed by atoms with E-state index in [4.69, 9.17) is 0 Å². The zero-order valence-electron chi connectivity index (χ0n) is 11.1. The third kappa shape index (κ3) is 2.84. The molecule has 1 heterocycles. The molecule has 1 aliphatic rings. The molecule has 0 radical (unpaired) electrons. The van der Waals surface area contributed by atoms with Crippen molar-refractivity contribution in [3.05, 3.63) is 35.4 Å². The van der Waals surface area contributed by atoms with Crippen LogP contribution in [-0.2, 0) is 11.2 Å². The minimum Gasteiger partial charge on any atom is -0.316 e. The van der Waals surface area contributed by atoms with Crippen LogP contribution in [0.5, 0.6) is 0 Å². The molecule has 0 spiro atoms. The summed E-state index contributed by atoms with van der Waals surface area (Å²) in [5, 5.41) is 3.19. The molecule has 1 N–H and O–H groups in total. The normalized spacial score (nSPS) is 22.7. The van der Waals surface area contributed by atoms with E-state index in [0.717, 1.165) is 25.8 Å². The van der Waals surface area contributed by atoms with Crippen molar-refractivity contribution < 1.29 is 13.6 Å². The van der Waals surface area contributed by atoms with Gasteiger partial charge in [0.05, 0.1) is 0 Å². The summed E-state index contributed by atoms with van der Waals surface area (Å²) in [6, 6.07) is 3.72. The molecule has 19 heavy (non-hydrogen) atoms. The largest absolute Gasteiger partial charge is 0.316 e. The Morgan fingerprint density at radius 2 is 2.05 bits per heavy atom. The van der Waals surface area contributed by atoms with Gasteiger partial charge in [0.2, 0.25) is 0 Å². The summed E-state index contributed by atoms with van der Waals surface area (Å²) in [5.74, 6) is -1.32. The van der Waals surface area contributed by atoms with E-state index >= 15 is 0 Å². The molecule has 104 valence electrons. The minimum atomic E-state index is -0.633. The highest BCUT2D eigenvalue weighted by Gasteiger charge is 2.40. The fourth-order valence-electron chi connectivity index (χ4n) is 2.86. The van der Waals surface area contributed by atoms with E-state index in [-0.39, 0.29) is 17.8 Å². The third-order valence-corrected chi connectivity index (χ3v) is 3.96. The van der Waals surface area contributed by atoms with Crippen LogP contribution < -0.4 is 5.32 Å². The van der Waals surface area contributed by atoms with E-state index in [0.29, 0.717) is 6.54 Å². The summed E-state index contributed by atoms with van der Waals surface area (Å²) in [5.41, 5.74) is -0.543. The van der Waals surface area contributed by atoms with Gasteiger partial charge in [-0.05, 0) is 31.5 Å². The summed E-state index contributed by atoms with van der Waals surface area (Å²) in [6.45, 7) is 3.44. The number of Topliss-reactive ketones (excluding diaryl/α,β-unsaturated/α-hetero) is 1. The van der Waals surface area contributed by atoms with Crippen molar-refractivity contribution in [1.29, 1.82) is 0 Å². The van der Waals surface area contributed by atoms with E-state index in [1.807, 2.05) is 6.92 Å². The van der Waals surface area contributed by atoms with Gasteiger partial charge in [-0.15, -0.1) is 0 Å². The zero-order chi connectivity index (χ0) is 13.9. The molecule has 2 rings (SSSR count). The Hall–Kier alpha value is -1.29. The Bertz CT molecular complexity index is 447. The summed E-state index contributed by atoms with van der Waals surface area (Å²) >= 11 is 0. The molecule has 1 aromatic rings. The number of nitrogens with one attached hydrogen (secondary N) is 1. The Labute approximate surface area is 112 Å². The average Bonchev–Trinajstić information content (AvgIpc) is 2.84. The minimum absolute atomic E-state index is 0.0525. The lowest BCUT2D eigenvalue weighted by Gasteiger charge is -2.26. The Balaban J connectivity index is 2.20. The van der Waals surface area contributed by atoms with E-state index < -0.39 is 17.0 Å². The van der Waals surface area contributed by atoms with Crippen molar-refractivity contribution >= 4 is 5.78 Å². The molecule has 4 heteroatoms. The molecule has 0 aliphatic carbocycles. The Morgan fingerprint density at radius 3 is 2.58 bits per heavy atom. The summed E-state index contributed by atoms with van der Waals surface area (Å²) in [7, 11) is 0. The lowest BCUT2D eigenvalue weighted by Crippen LogP contribution is -2.35. The summed E-state index contributed by atoms with van der Waals surface area (Å²) < 4.78 is 27.2. The first-order valence-corrected chi connectivity index (χ1v) is 6.76. The van der Waals surface area contributed by atoms with E-state index in [9.17, 15) is 13.6 Å². The van der Waals surface area contributed by atoms with Crippen LogP contribution in [0.4, 0.5) is 8.78 Å². The average molecular weight is 267 g/mol. The van der Waals surface area contributed by atoms with Crippen LogP contribution in [-0.4, -0.2) is 18.9 Å². The first-order valence-electron chi connectivity index (χ1n) is 6.76. The number of ketones is 1. The topological polar surface area (TPSA) is 29.1 Å². The third-order valence-electron chi connectivity index (χ3n) is 3.96. The van der Waals surface area contributed by atoms with Crippen molar-refractivity contribution in [2.75, 3.05) is 13.1 Å². The predicted molar refractivity (Wildman–Crippen MR) is 69.9 cm³/mol. The van der Waals surface area contributed by atoms with E-state index in [2.05, 4.69) is 5.32 Å². The van der Waals surface area contributed by atoms with Crippen molar-refractivity contribution in [3.8, 4) is 0 Å². The van der Waals surface area contributed by atoms with Gasteiger partial charge in [0.15, 0.2) is 0 Å². The molecule has 1 aliphatic heterocycles. The standard InChI is InChI=1S/C15H19F2NO/c1-2-6-15(7-8-18-10-15)14(19)9-11-12(16)4-3-5-13(11)17/h3-5,18H,2,6-10H2,1H3. The van der Waals surface area contributed by atoms with Gasteiger partial charge >= 0.3 is 0 Å². The van der Waals surface area contributed by atoms with Gasteiger partial charge in [-0.2, -0.15) is 0 Å². The number of carbonyl (C=O) groups excluding carboxylic acids is 1. The highest BCUT2D eigenvalue weighted by Crippen LogP contribution is 2.33. The summed E-state index contributed by atoms with van der Waals surface area (Å²) in [4.78, 5) is 12.5. The maximum atomic E-state index is 13.6. The lowest BCUT2D eigenvalue weighted by molar-refractivity contribution is -0.127. The maximum Gasteiger partial charge on any atom is 0.144 e. The molecule has 1 unspecified atom stereocenters. The second-order valence-electron chi connectivity index (χ2n) is 5.26. The van der Waals surface area contributed by atoms with E-state index in [1.165, 1.54) is 18.2 Å². The van der Waals surface area contributed by atoms with Crippen LogP contribution in [0.2, 0.25) is 0 Å². The highest BCUT2D eigenvalue weighted by molar-refractivity contribution is 5.87. The van der Waals surface area contributed by atoms with Gasteiger partial charge in [0, 0.05) is 23.9 Å². The molecule has 1 saturated heterocycles. The molecule has 1 fully saturated rings. The molecule has 1 aromatic carbocycles. The van der Waals surface area contributed by atoms with Gasteiger partial charge in [-0.25, -0.2) is 8.78 Å². The van der Waals surface area contributed by atoms with Gasteiger partial charge in [0.1, 0.15) is 17.4 Å². The van der Waals surface area contributed by atoms with Crippen molar-refractivity contribution in [2.24, 2.45) is 5.41 Å². The predicted octanol–water partition coefficient (Wildman–Crippen LogP) is 2.86. The van der Waals surface area contributed by atoms with Crippen LogP contribution >= 0.6 is 0 Å². The molecule has 1 atom stereocenters. The molecule has 0 aromatic heterocycles. The Kier molecular flexibility index (Phi) is 4.30. The zero-order valence-corrected chi connectivity index (χ0v) is 11.1. The highest BCUT2D eigenvalue weighted by atomic mass is 19.1. The molecule has 2 nitrogen and oxygen atoms in total. The van der Waals surface area contributed by atoms with Gasteiger partial charge in [0.25, 0.3) is 0 Å². The van der Waals surface area contributed by atoms with Gasteiger partial charge < -0.3 is 5.32 Å². The van der Waals surface area contributed by atoms with Crippen LogP contribution in [0.3, 0.4) is 0 Å². The molecule has 0 amide bonds. The first kappa shape index (κ1) is 14.1.